The van der Waals surface area contributed by atoms with Crippen LogP contribution in [0.1, 0.15) is 6.92 Å². The molecule has 3 unspecified atom stereocenters. The zero-order valence-electron chi connectivity index (χ0n) is 7.20. The lowest BCUT2D eigenvalue weighted by molar-refractivity contribution is -0.183. The Kier molecular flexibility index (Phi) is 4.01. The molecule has 4 heteroatoms. The average Bonchev–Trinajstić information content (AvgIpc) is 2.48. The molecule has 1 aliphatic heterocycles. The summed E-state index contributed by atoms with van der Waals surface area (Å²) in [4.78, 5) is 0. The number of alkyl halides is 1. The van der Waals surface area contributed by atoms with Crippen molar-refractivity contribution in [1.29, 1.82) is 0 Å². The van der Waals surface area contributed by atoms with E-state index in [2.05, 4.69) is 0 Å². The lowest BCUT2D eigenvalue weighted by Gasteiger charge is -2.13. The van der Waals surface area contributed by atoms with Crippen molar-refractivity contribution in [2.45, 2.75) is 24.9 Å². The van der Waals surface area contributed by atoms with Crippen LogP contribution in [0.15, 0.2) is 12.2 Å². The summed E-state index contributed by atoms with van der Waals surface area (Å²) >= 11 is 5.69. The molecule has 0 aromatic carbocycles. The second kappa shape index (κ2) is 4.82. The Morgan fingerprint density at radius 2 is 2.17 bits per heavy atom. The fourth-order valence-corrected chi connectivity index (χ4v) is 0.933. The van der Waals surface area contributed by atoms with Gasteiger partial charge in [0.1, 0.15) is 0 Å². The molecular weight excluding hydrogens is 180 g/mol. The fraction of sp³-hybridized carbons (Fsp3) is 0.750. The van der Waals surface area contributed by atoms with Crippen LogP contribution in [0, 0.1) is 0 Å². The van der Waals surface area contributed by atoms with E-state index in [9.17, 15) is 0 Å². The van der Waals surface area contributed by atoms with E-state index < -0.39 is 0 Å². The van der Waals surface area contributed by atoms with Gasteiger partial charge in [-0.2, -0.15) is 0 Å². The Morgan fingerprint density at radius 1 is 1.50 bits per heavy atom. The molecule has 3 nitrogen and oxygen atoms in total. The molecule has 0 spiro atoms. The lowest BCUT2D eigenvalue weighted by atomic mass is 10.5. The lowest BCUT2D eigenvalue weighted by Crippen LogP contribution is -2.19. The van der Waals surface area contributed by atoms with Crippen LogP contribution in [0.5, 0.6) is 0 Å². The molecule has 0 amide bonds. The van der Waals surface area contributed by atoms with E-state index in [0.717, 1.165) is 0 Å². The molecular formula is C8H13ClO3. The largest absolute Gasteiger partial charge is 0.352 e. The van der Waals surface area contributed by atoms with Gasteiger partial charge in [-0.1, -0.05) is 0 Å². The van der Waals surface area contributed by atoms with E-state index in [1.54, 1.807) is 7.11 Å². The highest BCUT2D eigenvalue weighted by Crippen LogP contribution is 2.13. The molecule has 1 heterocycles. The summed E-state index contributed by atoms with van der Waals surface area (Å²) in [6, 6.07) is 0. The quantitative estimate of drug-likeness (QED) is 0.499. The van der Waals surface area contributed by atoms with Gasteiger partial charge in [-0.15, -0.1) is 11.6 Å². The number of hydrogen-bond acceptors (Lipinski definition) is 3. The summed E-state index contributed by atoms with van der Waals surface area (Å²) in [5, 5.41) is 0.00333. The minimum Gasteiger partial charge on any atom is -0.352 e. The molecule has 0 aliphatic carbocycles. The minimum atomic E-state index is -0.309. The van der Waals surface area contributed by atoms with Gasteiger partial charge in [0.15, 0.2) is 12.6 Å². The summed E-state index contributed by atoms with van der Waals surface area (Å²) in [6.07, 6.45) is 3.04. The highest BCUT2D eigenvalue weighted by Gasteiger charge is 2.18. The van der Waals surface area contributed by atoms with Crippen molar-refractivity contribution in [2.24, 2.45) is 0 Å². The Bertz CT molecular complexity index is 158. The number of hydrogen-bond donors (Lipinski definition) is 0. The van der Waals surface area contributed by atoms with Gasteiger partial charge in [-0.05, 0) is 19.1 Å². The van der Waals surface area contributed by atoms with E-state index in [1.165, 1.54) is 0 Å². The van der Waals surface area contributed by atoms with Crippen LogP contribution in [0.25, 0.3) is 0 Å². The van der Waals surface area contributed by atoms with E-state index in [4.69, 9.17) is 25.8 Å². The molecule has 0 fully saturated rings. The van der Waals surface area contributed by atoms with Crippen molar-refractivity contribution in [2.75, 3.05) is 13.7 Å². The van der Waals surface area contributed by atoms with Crippen molar-refractivity contribution >= 4 is 11.6 Å². The normalized spacial score (nSPS) is 30.9. The highest BCUT2D eigenvalue weighted by atomic mass is 35.5. The first-order valence-electron chi connectivity index (χ1n) is 3.84. The standard InChI is InChI=1S/C8H13ClO3/c1-6(9)5-11-8-4-3-7(10-2)12-8/h3-4,6-8H,5H2,1-2H3. The summed E-state index contributed by atoms with van der Waals surface area (Å²) in [6.45, 7) is 2.35. The van der Waals surface area contributed by atoms with Crippen LogP contribution >= 0.6 is 11.6 Å². The molecule has 1 aliphatic rings. The predicted molar refractivity (Wildman–Crippen MR) is 46.1 cm³/mol. The maximum atomic E-state index is 5.69. The molecule has 0 N–H and O–H groups in total. The summed E-state index contributed by atoms with van der Waals surface area (Å²) in [7, 11) is 1.58. The molecule has 0 saturated carbocycles. The molecule has 0 radical (unpaired) electrons. The summed E-state index contributed by atoms with van der Waals surface area (Å²) in [5.74, 6) is 0. The molecule has 0 aromatic heterocycles. The predicted octanol–water partition coefficient (Wildman–Crippen LogP) is 1.52. The van der Waals surface area contributed by atoms with Crippen molar-refractivity contribution in [3.63, 3.8) is 0 Å². The Hall–Kier alpha value is -0.0900. The Morgan fingerprint density at radius 3 is 2.67 bits per heavy atom. The van der Waals surface area contributed by atoms with Crippen molar-refractivity contribution in [3.8, 4) is 0 Å². The first kappa shape index (κ1) is 9.99. The van der Waals surface area contributed by atoms with Crippen LogP contribution in [0.3, 0.4) is 0 Å². The zero-order valence-corrected chi connectivity index (χ0v) is 7.95. The van der Waals surface area contributed by atoms with Crippen LogP contribution < -0.4 is 0 Å². The van der Waals surface area contributed by atoms with Gasteiger partial charge < -0.3 is 14.2 Å². The fourth-order valence-electron chi connectivity index (χ4n) is 0.861. The highest BCUT2D eigenvalue weighted by molar-refractivity contribution is 6.20. The molecule has 1 rings (SSSR count). The Labute approximate surface area is 77.2 Å². The van der Waals surface area contributed by atoms with Crippen LogP contribution in [0.4, 0.5) is 0 Å². The van der Waals surface area contributed by atoms with Crippen LogP contribution in [0.2, 0.25) is 0 Å². The van der Waals surface area contributed by atoms with E-state index >= 15 is 0 Å². The molecule has 70 valence electrons. The average molecular weight is 193 g/mol. The third kappa shape index (κ3) is 3.11. The van der Waals surface area contributed by atoms with Crippen molar-refractivity contribution < 1.29 is 14.2 Å². The van der Waals surface area contributed by atoms with Crippen molar-refractivity contribution in [3.05, 3.63) is 12.2 Å². The van der Waals surface area contributed by atoms with E-state index in [-0.39, 0.29) is 18.0 Å². The third-order valence-corrected chi connectivity index (χ3v) is 1.54. The minimum absolute atomic E-state index is 0.00333. The molecule has 12 heavy (non-hydrogen) atoms. The van der Waals surface area contributed by atoms with Gasteiger partial charge in [0.25, 0.3) is 0 Å². The molecule has 0 aromatic rings. The Balaban J connectivity index is 2.16. The van der Waals surface area contributed by atoms with E-state index in [0.29, 0.717) is 6.61 Å². The number of halogens is 1. The van der Waals surface area contributed by atoms with Gasteiger partial charge >= 0.3 is 0 Å². The second-order valence-electron chi connectivity index (χ2n) is 2.61. The zero-order chi connectivity index (χ0) is 8.97. The first-order valence-corrected chi connectivity index (χ1v) is 4.28. The van der Waals surface area contributed by atoms with Gasteiger partial charge in [-0.3, -0.25) is 0 Å². The van der Waals surface area contributed by atoms with Crippen molar-refractivity contribution in [1.82, 2.24) is 0 Å². The van der Waals surface area contributed by atoms with Gasteiger partial charge in [0, 0.05) is 7.11 Å². The molecule has 0 bridgehead atoms. The first-order chi connectivity index (χ1) is 5.72. The number of ether oxygens (including phenoxy) is 3. The summed E-state index contributed by atoms with van der Waals surface area (Å²) in [5.41, 5.74) is 0. The summed E-state index contributed by atoms with van der Waals surface area (Å²) < 4.78 is 15.4. The van der Waals surface area contributed by atoms with Gasteiger partial charge in [0.05, 0.1) is 12.0 Å². The topological polar surface area (TPSA) is 27.7 Å². The van der Waals surface area contributed by atoms with Crippen LogP contribution in [-0.2, 0) is 14.2 Å². The molecule has 3 atom stereocenters. The smallest absolute Gasteiger partial charge is 0.180 e. The number of methoxy groups -OCH3 is 1. The van der Waals surface area contributed by atoms with E-state index in [1.807, 2.05) is 19.1 Å². The second-order valence-corrected chi connectivity index (χ2v) is 3.35. The maximum absolute atomic E-state index is 5.69. The monoisotopic (exact) mass is 192 g/mol. The third-order valence-electron chi connectivity index (χ3n) is 1.42. The van der Waals surface area contributed by atoms with Gasteiger partial charge in [-0.25, -0.2) is 0 Å². The van der Waals surface area contributed by atoms with Crippen LogP contribution in [-0.4, -0.2) is 31.7 Å². The maximum Gasteiger partial charge on any atom is 0.180 e. The van der Waals surface area contributed by atoms with Gasteiger partial charge in [0.2, 0.25) is 0 Å². The molecule has 0 saturated heterocycles. The SMILES string of the molecule is COC1C=CC(OCC(C)Cl)O1. The number of rotatable bonds is 4.